The van der Waals surface area contributed by atoms with Crippen LogP contribution in [0.1, 0.15) is 11.6 Å². The summed E-state index contributed by atoms with van der Waals surface area (Å²) in [5.41, 5.74) is 0.593. The Labute approximate surface area is 142 Å². The molecule has 0 aliphatic heterocycles. The maximum Gasteiger partial charge on any atom is 0.336 e. The van der Waals surface area contributed by atoms with Gasteiger partial charge in [-0.15, -0.1) is 0 Å². The molecule has 126 valence electrons. The highest BCUT2D eigenvalue weighted by Crippen LogP contribution is 2.30. The van der Waals surface area contributed by atoms with E-state index in [1.165, 1.54) is 13.2 Å². The van der Waals surface area contributed by atoms with Crippen molar-refractivity contribution >= 4 is 23.6 Å². The van der Waals surface area contributed by atoms with E-state index in [-0.39, 0.29) is 5.69 Å². The molecule has 0 bridgehead atoms. The summed E-state index contributed by atoms with van der Waals surface area (Å²) in [6, 6.07) is 14.2. The molecule has 0 aliphatic rings. The second-order valence-electron chi connectivity index (χ2n) is 4.80. The molecule has 2 N–H and O–H groups in total. The first-order valence-corrected chi connectivity index (χ1v) is 7.83. The minimum atomic E-state index is -1.45. The van der Waals surface area contributed by atoms with Crippen LogP contribution in [0.3, 0.4) is 0 Å². The van der Waals surface area contributed by atoms with Gasteiger partial charge < -0.3 is 9.84 Å². The highest BCUT2D eigenvalue weighted by Gasteiger charge is 2.29. The van der Waals surface area contributed by atoms with E-state index in [9.17, 15) is 20.0 Å². The van der Waals surface area contributed by atoms with Gasteiger partial charge in [-0.2, -0.15) is 0 Å². The van der Waals surface area contributed by atoms with Gasteiger partial charge in [-0.05, 0) is 23.6 Å². The highest BCUT2D eigenvalue weighted by atomic mass is 32.2. The molecule has 0 heterocycles. The topological polar surface area (TPSA) is 102 Å². The zero-order valence-electron chi connectivity index (χ0n) is 12.8. The van der Waals surface area contributed by atoms with Gasteiger partial charge in [0, 0.05) is 6.07 Å². The molecule has 0 amide bonds. The summed E-state index contributed by atoms with van der Waals surface area (Å²) in [7, 11) is 1.18. The number of carbonyl (C=O) groups is 1. The fourth-order valence-electron chi connectivity index (χ4n) is 2.05. The Morgan fingerprint density at radius 3 is 2.46 bits per heavy atom. The van der Waals surface area contributed by atoms with E-state index >= 15 is 0 Å². The van der Waals surface area contributed by atoms with Gasteiger partial charge in [0.2, 0.25) is 0 Å². The Balaban J connectivity index is 2.24. The Morgan fingerprint density at radius 2 is 1.83 bits per heavy atom. The molecule has 0 radical (unpaired) electrons. The molecule has 8 heteroatoms. The fourth-order valence-corrected chi connectivity index (χ4v) is 2.97. The summed E-state index contributed by atoms with van der Waals surface area (Å²) in [6.45, 7) is 0. The second-order valence-corrected chi connectivity index (χ2v) is 5.68. The molecule has 0 spiro atoms. The molecular weight excluding hydrogens is 332 g/mol. The van der Waals surface area contributed by atoms with Crippen molar-refractivity contribution in [1.82, 2.24) is 4.72 Å². The number of aliphatic hydroxyl groups excluding tert-OH is 1. The van der Waals surface area contributed by atoms with Crippen LogP contribution in [-0.2, 0) is 9.53 Å². The lowest BCUT2D eigenvalue weighted by molar-refractivity contribution is -0.387. The van der Waals surface area contributed by atoms with Crippen molar-refractivity contribution in [2.24, 2.45) is 0 Å². The molecular formula is C16H16N2O5S. The van der Waals surface area contributed by atoms with Crippen molar-refractivity contribution < 1.29 is 19.6 Å². The number of methoxy groups -OCH3 is 1. The average molecular weight is 348 g/mol. The second kappa shape index (κ2) is 8.44. The zero-order valence-corrected chi connectivity index (χ0v) is 13.6. The van der Waals surface area contributed by atoms with Gasteiger partial charge in [-0.25, -0.2) is 9.52 Å². The molecule has 7 nitrogen and oxygen atoms in total. The van der Waals surface area contributed by atoms with E-state index in [0.29, 0.717) is 10.5 Å². The Bertz CT molecular complexity index is 711. The van der Waals surface area contributed by atoms with Gasteiger partial charge >= 0.3 is 5.97 Å². The molecule has 0 saturated carbocycles. The number of nitro groups is 1. The predicted molar refractivity (Wildman–Crippen MR) is 89.3 cm³/mol. The smallest absolute Gasteiger partial charge is 0.336 e. The Morgan fingerprint density at radius 1 is 1.21 bits per heavy atom. The Kier molecular flexibility index (Phi) is 6.30. The van der Waals surface area contributed by atoms with E-state index in [4.69, 9.17) is 0 Å². The normalized spacial score (nSPS) is 13.1. The minimum Gasteiger partial charge on any atom is -0.467 e. The lowest BCUT2D eigenvalue weighted by atomic mass is 10.0. The first-order chi connectivity index (χ1) is 11.5. The van der Waals surface area contributed by atoms with Crippen LogP contribution in [0, 0.1) is 10.1 Å². The number of nitro benzene ring substituents is 1. The van der Waals surface area contributed by atoms with Crippen LogP contribution in [0.5, 0.6) is 0 Å². The lowest BCUT2D eigenvalue weighted by Crippen LogP contribution is -2.35. The van der Waals surface area contributed by atoms with Crippen LogP contribution in [0.25, 0.3) is 0 Å². The largest absolute Gasteiger partial charge is 0.467 e. The van der Waals surface area contributed by atoms with Crippen molar-refractivity contribution in [3.63, 3.8) is 0 Å². The number of carbonyl (C=O) groups excluding carboxylic acids is 1. The summed E-state index contributed by atoms with van der Waals surface area (Å²) in [4.78, 5) is 22.6. The van der Waals surface area contributed by atoms with Gasteiger partial charge in [-0.3, -0.25) is 10.1 Å². The summed E-state index contributed by atoms with van der Waals surface area (Å²) in [6.07, 6.45) is -1.45. The van der Waals surface area contributed by atoms with Crippen molar-refractivity contribution in [1.29, 1.82) is 0 Å². The van der Waals surface area contributed by atoms with Crippen LogP contribution >= 0.6 is 11.9 Å². The average Bonchev–Trinajstić information content (AvgIpc) is 2.62. The number of esters is 1. The number of hydrogen-bond donors (Lipinski definition) is 2. The third-order valence-corrected chi connectivity index (χ3v) is 4.21. The van der Waals surface area contributed by atoms with Crippen molar-refractivity contribution in [2.45, 2.75) is 17.0 Å². The molecule has 2 atom stereocenters. The standard InChI is InChI=1S/C16H16N2O5S/c1-23-16(20)15(19)14(11-7-3-2-4-8-11)17-24-13-10-6-5-9-12(13)18(21)22/h2-10,14-15,17,19H,1H3/t14-,15?/m1/s1. The van der Waals surface area contributed by atoms with Gasteiger partial charge in [-0.1, -0.05) is 42.5 Å². The van der Waals surface area contributed by atoms with Crippen molar-refractivity contribution in [3.8, 4) is 0 Å². The molecule has 2 rings (SSSR count). The van der Waals surface area contributed by atoms with Crippen LogP contribution in [0.15, 0.2) is 59.5 Å². The quantitative estimate of drug-likeness (QED) is 0.343. The van der Waals surface area contributed by atoms with E-state index in [1.807, 2.05) is 0 Å². The minimum absolute atomic E-state index is 0.0608. The Hall–Kier alpha value is -2.42. The number of nitrogens with one attached hydrogen (secondary N) is 1. The molecule has 0 aliphatic carbocycles. The predicted octanol–water partition coefficient (Wildman–Crippen LogP) is 2.47. The maximum atomic E-state index is 11.7. The zero-order chi connectivity index (χ0) is 17.5. The highest BCUT2D eigenvalue weighted by molar-refractivity contribution is 7.97. The first kappa shape index (κ1) is 17.9. The number of hydrogen-bond acceptors (Lipinski definition) is 7. The van der Waals surface area contributed by atoms with Gasteiger partial charge in [0.25, 0.3) is 5.69 Å². The SMILES string of the molecule is COC(=O)C(O)[C@H](NSc1ccccc1[N+](=O)[O-])c1ccccc1. The summed E-state index contributed by atoms with van der Waals surface area (Å²) >= 11 is 0.975. The van der Waals surface area contributed by atoms with E-state index in [2.05, 4.69) is 9.46 Å². The molecule has 0 aromatic heterocycles. The third-order valence-electron chi connectivity index (χ3n) is 3.27. The van der Waals surface area contributed by atoms with Crippen LogP contribution in [0.4, 0.5) is 5.69 Å². The number of ether oxygens (including phenoxy) is 1. The van der Waals surface area contributed by atoms with Gasteiger partial charge in [0.15, 0.2) is 6.10 Å². The number of aliphatic hydroxyl groups is 1. The van der Waals surface area contributed by atoms with Gasteiger partial charge in [0.05, 0.1) is 18.1 Å². The maximum absolute atomic E-state index is 11.7. The van der Waals surface area contributed by atoms with Crippen LogP contribution in [-0.4, -0.2) is 29.2 Å². The molecule has 24 heavy (non-hydrogen) atoms. The summed E-state index contributed by atoms with van der Waals surface area (Å²) in [5.74, 6) is -0.792. The van der Waals surface area contributed by atoms with E-state index < -0.39 is 23.0 Å². The monoisotopic (exact) mass is 348 g/mol. The molecule has 1 unspecified atom stereocenters. The molecule has 0 fully saturated rings. The lowest BCUT2D eigenvalue weighted by Gasteiger charge is -2.22. The third kappa shape index (κ3) is 4.31. The molecule has 2 aromatic carbocycles. The van der Waals surface area contributed by atoms with Crippen molar-refractivity contribution in [2.75, 3.05) is 7.11 Å². The number of benzene rings is 2. The number of nitrogens with zero attached hydrogens (tertiary/aromatic N) is 1. The summed E-state index contributed by atoms with van der Waals surface area (Å²) in [5, 5.41) is 21.3. The van der Waals surface area contributed by atoms with E-state index in [0.717, 1.165) is 11.9 Å². The summed E-state index contributed by atoms with van der Waals surface area (Å²) < 4.78 is 7.51. The van der Waals surface area contributed by atoms with Crippen molar-refractivity contribution in [3.05, 3.63) is 70.3 Å². The molecule has 2 aromatic rings. The molecule has 0 saturated heterocycles. The van der Waals surface area contributed by atoms with Crippen LogP contribution < -0.4 is 4.72 Å². The number of rotatable bonds is 7. The van der Waals surface area contributed by atoms with E-state index in [1.54, 1.807) is 48.5 Å². The number of para-hydroxylation sites is 1. The van der Waals surface area contributed by atoms with Crippen LogP contribution in [0.2, 0.25) is 0 Å². The first-order valence-electron chi connectivity index (χ1n) is 7.01. The fraction of sp³-hybridized carbons (Fsp3) is 0.188. The van der Waals surface area contributed by atoms with Gasteiger partial charge in [0.1, 0.15) is 4.90 Å².